The predicted octanol–water partition coefficient (Wildman–Crippen LogP) is 3.60. The van der Waals surface area contributed by atoms with Gasteiger partial charge in [0.15, 0.2) is 17.6 Å². The average molecular weight is 369 g/mol. The van der Waals surface area contributed by atoms with Gasteiger partial charge in [0.1, 0.15) is 0 Å². The molecule has 0 heterocycles. The van der Waals surface area contributed by atoms with Gasteiger partial charge >= 0.3 is 5.97 Å². The summed E-state index contributed by atoms with van der Waals surface area (Å²) in [6.07, 6.45) is 1.92. The number of carbonyl (C=O) groups is 2. The van der Waals surface area contributed by atoms with E-state index in [4.69, 9.17) is 14.2 Å². The highest BCUT2D eigenvalue weighted by molar-refractivity contribution is 5.97. The lowest BCUT2D eigenvalue weighted by Crippen LogP contribution is -2.29. The Morgan fingerprint density at radius 2 is 1.74 bits per heavy atom. The smallest absolute Gasteiger partial charge is 0.331 e. The molecule has 2 rings (SSSR count). The number of carbonyl (C=O) groups excluding carboxylic acids is 2. The molecule has 1 unspecified atom stereocenters. The lowest BCUT2D eigenvalue weighted by atomic mass is 10.2. The number of nitrogens with one attached hydrogen (secondary N) is 1. The average Bonchev–Trinajstić information content (AvgIpc) is 2.67. The van der Waals surface area contributed by atoms with Crippen molar-refractivity contribution in [2.75, 3.05) is 19.5 Å². The molecule has 0 aromatic heterocycles. The molecule has 0 saturated carbocycles. The van der Waals surface area contributed by atoms with E-state index in [2.05, 4.69) is 5.32 Å². The van der Waals surface area contributed by atoms with E-state index in [0.717, 1.165) is 11.1 Å². The number of para-hydroxylation sites is 1. The highest BCUT2D eigenvalue weighted by Crippen LogP contribution is 2.28. The van der Waals surface area contributed by atoms with Crippen LogP contribution in [0.5, 0.6) is 11.5 Å². The van der Waals surface area contributed by atoms with Gasteiger partial charge in [-0.25, -0.2) is 4.79 Å². The minimum Gasteiger partial charge on any atom is -0.493 e. The van der Waals surface area contributed by atoms with Crippen LogP contribution in [0.1, 0.15) is 18.1 Å². The summed E-state index contributed by atoms with van der Waals surface area (Å²) in [6, 6.07) is 12.6. The van der Waals surface area contributed by atoms with Gasteiger partial charge in [-0.05, 0) is 49.2 Å². The first-order valence-electron chi connectivity index (χ1n) is 8.41. The molecule has 0 aliphatic heterocycles. The number of rotatable bonds is 7. The van der Waals surface area contributed by atoms with Crippen LogP contribution in [0, 0.1) is 6.92 Å². The Labute approximate surface area is 158 Å². The molecule has 0 radical (unpaired) electrons. The molecular weight excluding hydrogens is 346 g/mol. The number of esters is 1. The number of hydrogen-bond acceptors (Lipinski definition) is 5. The lowest BCUT2D eigenvalue weighted by molar-refractivity contribution is -0.148. The van der Waals surface area contributed by atoms with Crippen LogP contribution in [0.15, 0.2) is 48.5 Å². The molecule has 1 N–H and O–H groups in total. The highest BCUT2D eigenvalue weighted by Gasteiger charge is 2.17. The second-order valence-electron chi connectivity index (χ2n) is 5.83. The third-order valence-electron chi connectivity index (χ3n) is 3.88. The number of aryl methyl sites for hydroxylation is 1. The summed E-state index contributed by atoms with van der Waals surface area (Å²) in [5.41, 5.74) is 2.35. The topological polar surface area (TPSA) is 73.9 Å². The SMILES string of the molecule is COc1ccc(C=CC(=O)OC(C)C(=O)Nc2ccccc2C)cc1OC. The number of methoxy groups -OCH3 is 2. The molecule has 0 aliphatic carbocycles. The Hall–Kier alpha value is -3.28. The highest BCUT2D eigenvalue weighted by atomic mass is 16.5. The van der Waals surface area contributed by atoms with Crippen molar-refractivity contribution in [2.45, 2.75) is 20.0 Å². The van der Waals surface area contributed by atoms with Crippen molar-refractivity contribution >= 4 is 23.6 Å². The number of benzene rings is 2. The maximum absolute atomic E-state index is 12.2. The summed E-state index contributed by atoms with van der Waals surface area (Å²) >= 11 is 0. The van der Waals surface area contributed by atoms with Crippen molar-refractivity contribution in [3.63, 3.8) is 0 Å². The van der Waals surface area contributed by atoms with Crippen LogP contribution in [0.2, 0.25) is 0 Å². The van der Waals surface area contributed by atoms with Crippen molar-refractivity contribution in [3.8, 4) is 11.5 Å². The van der Waals surface area contributed by atoms with Crippen molar-refractivity contribution in [3.05, 3.63) is 59.7 Å². The number of amides is 1. The van der Waals surface area contributed by atoms with Crippen molar-refractivity contribution in [2.24, 2.45) is 0 Å². The second-order valence-corrected chi connectivity index (χ2v) is 5.83. The maximum Gasteiger partial charge on any atom is 0.331 e. The third kappa shape index (κ3) is 5.60. The molecule has 6 heteroatoms. The van der Waals surface area contributed by atoms with E-state index in [-0.39, 0.29) is 0 Å². The molecule has 27 heavy (non-hydrogen) atoms. The summed E-state index contributed by atoms with van der Waals surface area (Å²) in [7, 11) is 3.09. The van der Waals surface area contributed by atoms with Gasteiger partial charge in [0.05, 0.1) is 14.2 Å². The third-order valence-corrected chi connectivity index (χ3v) is 3.88. The van der Waals surface area contributed by atoms with Crippen molar-refractivity contribution < 1.29 is 23.8 Å². The summed E-state index contributed by atoms with van der Waals surface area (Å²) < 4.78 is 15.5. The van der Waals surface area contributed by atoms with Gasteiger partial charge in [0.25, 0.3) is 5.91 Å². The predicted molar refractivity (Wildman–Crippen MR) is 104 cm³/mol. The number of ether oxygens (including phenoxy) is 3. The first-order valence-corrected chi connectivity index (χ1v) is 8.41. The van der Waals surface area contributed by atoms with Crippen LogP contribution in [0.3, 0.4) is 0 Å². The number of anilines is 1. The molecule has 1 amide bonds. The molecular formula is C21H23NO5. The standard InChI is InChI=1S/C21H23NO5/c1-14-7-5-6-8-17(14)22-21(24)15(2)27-20(23)12-10-16-9-11-18(25-3)19(13-16)26-4/h5-13,15H,1-4H3,(H,22,24). The molecule has 0 saturated heterocycles. The summed E-state index contributed by atoms with van der Waals surface area (Å²) in [5, 5.41) is 2.75. The van der Waals surface area contributed by atoms with E-state index in [0.29, 0.717) is 17.2 Å². The van der Waals surface area contributed by atoms with Crippen LogP contribution < -0.4 is 14.8 Å². The number of hydrogen-bond donors (Lipinski definition) is 1. The van der Waals surface area contributed by atoms with Crippen LogP contribution in [-0.2, 0) is 14.3 Å². The lowest BCUT2D eigenvalue weighted by Gasteiger charge is -2.13. The van der Waals surface area contributed by atoms with E-state index in [1.165, 1.54) is 20.1 Å². The molecule has 0 aliphatic rings. The van der Waals surface area contributed by atoms with Gasteiger partial charge < -0.3 is 19.5 Å². The molecule has 1 atom stereocenters. The van der Waals surface area contributed by atoms with Gasteiger partial charge in [0.2, 0.25) is 0 Å². The Bertz CT molecular complexity index is 844. The van der Waals surface area contributed by atoms with Crippen LogP contribution in [0.25, 0.3) is 6.08 Å². The van der Waals surface area contributed by atoms with Crippen molar-refractivity contribution in [1.29, 1.82) is 0 Å². The van der Waals surface area contributed by atoms with E-state index in [1.807, 2.05) is 25.1 Å². The quantitative estimate of drug-likeness (QED) is 0.596. The molecule has 6 nitrogen and oxygen atoms in total. The summed E-state index contributed by atoms with van der Waals surface area (Å²) in [5.74, 6) is 0.145. The zero-order valence-electron chi connectivity index (χ0n) is 15.8. The van der Waals surface area contributed by atoms with Crippen molar-refractivity contribution in [1.82, 2.24) is 0 Å². The monoisotopic (exact) mass is 369 g/mol. The molecule has 2 aromatic carbocycles. The van der Waals surface area contributed by atoms with Crippen LogP contribution in [0.4, 0.5) is 5.69 Å². The van der Waals surface area contributed by atoms with Crippen LogP contribution in [-0.4, -0.2) is 32.2 Å². The van der Waals surface area contributed by atoms with E-state index in [9.17, 15) is 9.59 Å². The Balaban J connectivity index is 1.95. The van der Waals surface area contributed by atoms with Gasteiger partial charge in [-0.15, -0.1) is 0 Å². The Kier molecular flexibility index (Phi) is 7.00. The maximum atomic E-state index is 12.2. The van der Waals surface area contributed by atoms with Gasteiger partial charge in [0, 0.05) is 11.8 Å². The molecule has 0 spiro atoms. The van der Waals surface area contributed by atoms with Gasteiger partial charge in [-0.1, -0.05) is 24.3 Å². The molecule has 142 valence electrons. The largest absolute Gasteiger partial charge is 0.493 e. The molecule has 0 fully saturated rings. The fraction of sp³-hybridized carbons (Fsp3) is 0.238. The van der Waals surface area contributed by atoms with Gasteiger partial charge in [-0.3, -0.25) is 4.79 Å². The summed E-state index contributed by atoms with van der Waals surface area (Å²) in [6.45, 7) is 3.41. The zero-order chi connectivity index (χ0) is 19.8. The van der Waals surface area contributed by atoms with Gasteiger partial charge in [-0.2, -0.15) is 0 Å². The minimum atomic E-state index is -0.924. The Morgan fingerprint density at radius 3 is 2.41 bits per heavy atom. The fourth-order valence-corrected chi connectivity index (χ4v) is 2.34. The fourth-order valence-electron chi connectivity index (χ4n) is 2.34. The second kappa shape index (κ2) is 9.43. The van der Waals surface area contributed by atoms with E-state index < -0.39 is 18.0 Å². The Morgan fingerprint density at radius 1 is 1.04 bits per heavy atom. The molecule has 2 aromatic rings. The first kappa shape index (κ1) is 20.0. The normalized spacial score (nSPS) is 11.7. The minimum absolute atomic E-state index is 0.392. The van der Waals surface area contributed by atoms with Crippen LogP contribution >= 0.6 is 0 Å². The van der Waals surface area contributed by atoms with E-state index >= 15 is 0 Å². The molecule has 0 bridgehead atoms. The zero-order valence-corrected chi connectivity index (χ0v) is 15.8. The van der Waals surface area contributed by atoms with E-state index in [1.54, 1.807) is 37.5 Å². The first-order chi connectivity index (χ1) is 12.9. The summed E-state index contributed by atoms with van der Waals surface area (Å²) in [4.78, 5) is 24.2.